The maximum absolute atomic E-state index is 12.5. The lowest BCUT2D eigenvalue weighted by atomic mass is 10.2. The van der Waals surface area contributed by atoms with Crippen molar-refractivity contribution < 1.29 is 18.0 Å². The lowest BCUT2D eigenvalue weighted by molar-refractivity contribution is -0.131. The van der Waals surface area contributed by atoms with Gasteiger partial charge in [0.05, 0.1) is 16.2 Å². The van der Waals surface area contributed by atoms with E-state index >= 15 is 0 Å². The predicted octanol–water partition coefficient (Wildman–Crippen LogP) is 1.95. The summed E-state index contributed by atoms with van der Waals surface area (Å²) in [5.41, 5.74) is 1.26. The SMILES string of the molecule is CCS(=O)(=O)c1ccccc1C(=O)NCCC(=O)N1CCN(c2ccccc2)CC1. The second-order valence-corrected chi connectivity index (χ2v) is 9.36. The third kappa shape index (κ3) is 5.18. The molecule has 0 aliphatic carbocycles. The van der Waals surface area contributed by atoms with E-state index in [0.29, 0.717) is 13.1 Å². The number of nitrogens with one attached hydrogen (secondary N) is 1. The summed E-state index contributed by atoms with van der Waals surface area (Å²) >= 11 is 0. The Kier molecular flexibility index (Phi) is 7.10. The van der Waals surface area contributed by atoms with Crippen LogP contribution in [0.3, 0.4) is 0 Å². The molecule has 8 heteroatoms. The quantitative estimate of drug-likeness (QED) is 0.727. The zero-order valence-electron chi connectivity index (χ0n) is 17.1. The molecule has 2 amide bonds. The van der Waals surface area contributed by atoms with Crippen molar-refractivity contribution in [1.82, 2.24) is 10.2 Å². The van der Waals surface area contributed by atoms with Crippen LogP contribution in [0.4, 0.5) is 5.69 Å². The molecule has 1 fully saturated rings. The van der Waals surface area contributed by atoms with E-state index in [1.807, 2.05) is 18.2 Å². The van der Waals surface area contributed by atoms with Gasteiger partial charge >= 0.3 is 0 Å². The van der Waals surface area contributed by atoms with Crippen LogP contribution in [0.15, 0.2) is 59.5 Å². The molecular weight excluding hydrogens is 402 g/mol. The van der Waals surface area contributed by atoms with Gasteiger partial charge in [-0.15, -0.1) is 0 Å². The molecule has 2 aromatic carbocycles. The molecule has 1 heterocycles. The smallest absolute Gasteiger partial charge is 0.252 e. The lowest BCUT2D eigenvalue weighted by Crippen LogP contribution is -2.49. The zero-order valence-corrected chi connectivity index (χ0v) is 17.9. The Balaban J connectivity index is 1.49. The molecule has 30 heavy (non-hydrogen) atoms. The van der Waals surface area contributed by atoms with E-state index in [1.54, 1.807) is 24.0 Å². The Morgan fingerprint density at radius 3 is 2.23 bits per heavy atom. The molecule has 0 unspecified atom stereocenters. The van der Waals surface area contributed by atoms with Gasteiger partial charge in [0.25, 0.3) is 5.91 Å². The average molecular weight is 430 g/mol. The number of benzene rings is 2. The van der Waals surface area contributed by atoms with Crippen molar-refractivity contribution in [3.05, 3.63) is 60.2 Å². The predicted molar refractivity (Wildman–Crippen MR) is 116 cm³/mol. The molecule has 1 aliphatic rings. The van der Waals surface area contributed by atoms with Gasteiger partial charge in [-0.25, -0.2) is 8.42 Å². The molecule has 1 aliphatic heterocycles. The van der Waals surface area contributed by atoms with E-state index in [-0.39, 0.29) is 35.1 Å². The summed E-state index contributed by atoms with van der Waals surface area (Å²) in [5, 5.41) is 2.68. The van der Waals surface area contributed by atoms with Crippen molar-refractivity contribution >= 4 is 27.3 Å². The van der Waals surface area contributed by atoms with Gasteiger partial charge in [0.15, 0.2) is 9.84 Å². The van der Waals surface area contributed by atoms with Crippen LogP contribution >= 0.6 is 0 Å². The highest BCUT2D eigenvalue weighted by molar-refractivity contribution is 7.91. The standard InChI is InChI=1S/C22H27N3O4S/c1-2-30(28,29)20-11-7-6-10-19(20)22(27)23-13-12-21(26)25-16-14-24(15-17-25)18-8-4-3-5-9-18/h3-11H,2,12-17H2,1H3,(H,23,27). The lowest BCUT2D eigenvalue weighted by Gasteiger charge is -2.36. The Morgan fingerprint density at radius 1 is 0.933 bits per heavy atom. The number of amides is 2. The summed E-state index contributed by atoms with van der Waals surface area (Å²) < 4.78 is 24.4. The minimum atomic E-state index is -3.50. The third-order valence-electron chi connectivity index (χ3n) is 5.22. The molecule has 7 nitrogen and oxygen atoms in total. The molecule has 0 atom stereocenters. The molecular formula is C22H27N3O4S. The molecule has 3 rings (SSSR count). The van der Waals surface area contributed by atoms with Crippen molar-refractivity contribution in [2.45, 2.75) is 18.2 Å². The number of hydrogen-bond acceptors (Lipinski definition) is 5. The minimum absolute atomic E-state index is 0.0162. The molecule has 0 spiro atoms. The fraction of sp³-hybridized carbons (Fsp3) is 0.364. The van der Waals surface area contributed by atoms with Gasteiger partial charge in [-0.1, -0.05) is 37.3 Å². The molecule has 1 N–H and O–H groups in total. The van der Waals surface area contributed by atoms with Gasteiger partial charge in [-0.05, 0) is 24.3 Å². The number of nitrogens with zero attached hydrogens (tertiary/aromatic N) is 2. The maximum Gasteiger partial charge on any atom is 0.252 e. The van der Waals surface area contributed by atoms with E-state index in [2.05, 4.69) is 22.3 Å². The van der Waals surface area contributed by atoms with Crippen LogP contribution in [0.25, 0.3) is 0 Å². The number of carbonyl (C=O) groups excluding carboxylic acids is 2. The first kappa shape index (κ1) is 21.8. The van der Waals surface area contributed by atoms with Crippen LogP contribution in [-0.2, 0) is 14.6 Å². The number of rotatable bonds is 7. The number of sulfone groups is 1. The van der Waals surface area contributed by atoms with Crippen molar-refractivity contribution in [2.24, 2.45) is 0 Å². The number of anilines is 1. The normalized spacial score (nSPS) is 14.4. The van der Waals surface area contributed by atoms with Crippen molar-refractivity contribution in [2.75, 3.05) is 43.4 Å². The topological polar surface area (TPSA) is 86.8 Å². The Morgan fingerprint density at radius 2 is 1.57 bits per heavy atom. The summed E-state index contributed by atoms with van der Waals surface area (Å²) in [4.78, 5) is 29.0. The van der Waals surface area contributed by atoms with E-state index < -0.39 is 15.7 Å². The van der Waals surface area contributed by atoms with Crippen LogP contribution in [-0.4, -0.2) is 63.6 Å². The molecule has 0 saturated carbocycles. The van der Waals surface area contributed by atoms with Crippen LogP contribution in [0, 0.1) is 0 Å². The van der Waals surface area contributed by atoms with Crippen molar-refractivity contribution in [3.63, 3.8) is 0 Å². The van der Waals surface area contributed by atoms with Gasteiger partial charge in [-0.3, -0.25) is 9.59 Å². The van der Waals surface area contributed by atoms with Gasteiger partial charge < -0.3 is 15.1 Å². The number of para-hydroxylation sites is 1. The minimum Gasteiger partial charge on any atom is -0.368 e. The second kappa shape index (κ2) is 9.75. The fourth-order valence-electron chi connectivity index (χ4n) is 3.47. The van der Waals surface area contributed by atoms with Gasteiger partial charge in [-0.2, -0.15) is 0 Å². The highest BCUT2D eigenvalue weighted by Gasteiger charge is 2.22. The first-order chi connectivity index (χ1) is 14.4. The van der Waals surface area contributed by atoms with Gasteiger partial charge in [0.2, 0.25) is 5.91 Å². The summed E-state index contributed by atoms with van der Waals surface area (Å²) in [6, 6.07) is 16.2. The molecule has 160 valence electrons. The highest BCUT2D eigenvalue weighted by Crippen LogP contribution is 2.17. The van der Waals surface area contributed by atoms with Crippen LogP contribution < -0.4 is 10.2 Å². The Bertz CT molecular complexity index is 984. The largest absolute Gasteiger partial charge is 0.368 e. The van der Waals surface area contributed by atoms with Crippen molar-refractivity contribution in [1.29, 1.82) is 0 Å². The van der Waals surface area contributed by atoms with Crippen LogP contribution in [0.1, 0.15) is 23.7 Å². The highest BCUT2D eigenvalue weighted by atomic mass is 32.2. The van der Waals surface area contributed by atoms with Gasteiger partial charge in [0, 0.05) is 44.8 Å². The zero-order chi connectivity index (χ0) is 21.6. The monoisotopic (exact) mass is 429 g/mol. The number of carbonyl (C=O) groups is 2. The molecule has 0 bridgehead atoms. The molecule has 0 aromatic heterocycles. The molecule has 0 radical (unpaired) electrons. The van der Waals surface area contributed by atoms with Crippen molar-refractivity contribution in [3.8, 4) is 0 Å². The Labute approximate surface area is 177 Å². The van der Waals surface area contributed by atoms with E-state index in [9.17, 15) is 18.0 Å². The third-order valence-corrected chi connectivity index (χ3v) is 7.01. The van der Waals surface area contributed by atoms with Crippen LogP contribution in [0.2, 0.25) is 0 Å². The number of piperazine rings is 1. The maximum atomic E-state index is 12.5. The number of hydrogen-bond donors (Lipinski definition) is 1. The summed E-state index contributed by atoms with van der Waals surface area (Å²) in [7, 11) is -3.50. The first-order valence-electron chi connectivity index (χ1n) is 10.1. The average Bonchev–Trinajstić information content (AvgIpc) is 2.79. The summed E-state index contributed by atoms with van der Waals surface area (Å²) in [5.74, 6) is -0.577. The van der Waals surface area contributed by atoms with Crippen LogP contribution in [0.5, 0.6) is 0 Å². The molecule has 2 aromatic rings. The fourth-order valence-corrected chi connectivity index (χ4v) is 4.56. The van der Waals surface area contributed by atoms with Gasteiger partial charge in [0.1, 0.15) is 0 Å². The van der Waals surface area contributed by atoms with E-state index in [4.69, 9.17) is 0 Å². The second-order valence-electron chi connectivity index (χ2n) is 7.11. The first-order valence-corrected chi connectivity index (χ1v) is 11.8. The Hall–Kier alpha value is -2.87. The van der Waals surface area contributed by atoms with E-state index in [1.165, 1.54) is 12.1 Å². The van der Waals surface area contributed by atoms with E-state index in [0.717, 1.165) is 18.8 Å². The summed E-state index contributed by atoms with van der Waals surface area (Å²) in [6.45, 7) is 4.52. The molecule has 1 saturated heterocycles. The summed E-state index contributed by atoms with van der Waals surface area (Å²) in [6.07, 6.45) is 0.180.